The maximum atomic E-state index is 12.8. The molecule has 0 spiro atoms. The fourth-order valence-electron chi connectivity index (χ4n) is 3.00. The van der Waals surface area contributed by atoms with Gasteiger partial charge in [0.15, 0.2) is 9.84 Å². The molecule has 29 heavy (non-hydrogen) atoms. The summed E-state index contributed by atoms with van der Waals surface area (Å²) < 4.78 is 23.9. The third-order valence-corrected chi connectivity index (χ3v) is 5.93. The smallest absolute Gasteiger partial charge is 0.258 e. The van der Waals surface area contributed by atoms with Gasteiger partial charge >= 0.3 is 0 Å². The molecule has 0 aliphatic carbocycles. The number of rotatable bonds is 5. The van der Waals surface area contributed by atoms with Crippen molar-refractivity contribution in [3.05, 3.63) is 47.1 Å². The van der Waals surface area contributed by atoms with Crippen LogP contribution < -0.4 is 16.0 Å². The fraction of sp³-hybridized carbons (Fsp3) is 0.316. The number of hydrogen-bond acceptors (Lipinski definition) is 6. The Morgan fingerprint density at radius 1 is 1.14 bits per heavy atom. The predicted octanol–water partition coefficient (Wildman–Crippen LogP) is 2.33. The van der Waals surface area contributed by atoms with Crippen LogP contribution in [0.3, 0.4) is 0 Å². The van der Waals surface area contributed by atoms with Gasteiger partial charge in [0.25, 0.3) is 5.91 Å². The number of carbonyl (C=O) groups is 2. The molecule has 0 bridgehead atoms. The number of hydrogen-bond donors (Lipinski definition) is 3. The highest BCUT2D eigenvalue weighted by Crippen LogP contribution is 2.24. The highest BCUT2D eigenvalue weighted by molar-refractivity contribution is 7.90. The maximum absolute atomic E-state index is 12.8. The van der Waals surface area contributed by atoms with E-state index < -0.39 is 15.7 Å². The number of aromatic nitrogens is 1. The van der Waals surface area contributed by atoms with Crippen molar-refractivity contribution in [1.29, 1.82) is 0 Å². The zero-order valence-corrected chi connectivity index (χ0v) is 17.3. The van der Waals surface area contributed by atoms with Crippen molar-refractivity contribution in [3.63, 3.8) is 0 Å². The normalized spacial score (nSPS) is 15.0. The van der Waals surface area contributed by atoms with Crippen LogP contribution in [0.15, 0.2) is 41.4 Å². The molecular formula is C19H21ClN4O4S. The number of pyridine rings is 1. The predicted molar refractivity (Wildman–Crippen MR) is 111 cm³/mol. The van der Waals surface area contributed by atoms with E-state index in [0.29, 0.717) is 17.9 Å². The zero-order valence-electron chi connectivity index (χ0n) is 15.7. The van der Waals surface area contributed by atoms with Gasteiger partial charge in [-0.3, -0.25) is 9.59 Å². The lowest BCUT2D eigenvalue weighted by molar-refractivity contribution is -0.120. The van der Waals surface area contributed by atoms with Gasteiger partial charge in [0.05, 0.1) is 21.2 Å². The molecule has 0 radical (unpaired) electrons. The minimum atomic E-state index is -3.54. The number of carbonyl (C=O) groups excluding carboxylic acids is 2. The Bertz CT molecular complexity index is 1020. The van der Waals surface area contributed by atoms with Gasteiger partial charge in [-0.25, -0.2) is 13.4 Å². The molecule has 0 unspecified atom stereocenters. The molecule has 0 atom stereocenters. The first-order valence-electron chi connectivity index (χ1n) is 9.02. The average molecular weight is 437 g/mol. The van der Waals surface area contributed by atoms with Crippen LogP contribution in [-0.4, -0.2) is 44.6 Å². The third-order valence-electron chi connectivity index (χ3n) is 4.60. The van der Waals surface area contributed by atoms with E-state index in [1.807, 2.05) is 0 Å². The van der Waals surface area contributed by atoms with Crippen LogP contribution in [0.2, 0.25) is 5.02 Å². The number of sulfone groups is 1. The minimum Gasteiger partial charge on any atom is -0.325 e. The lowest BCUT2D eigenvalue weighted by Crippen LogP contribution is -2.35. The summed E-state index contributed by atoms with van der Waals surface area (Å²) in [7, 11) is -3.54. The van der Waals surface area contributed by atoms with Crippen LogP contribution >= 0.6 is 11.6 Å². The van der Waals surface area contributed by atoms with Crippen molar-refractivity contribution < 1.29 is 18.0 Å². The molecule has 10 heteroatoms. The van der Waals surface area contributed by atoms with Crippen molar-refractivity contribution in [2.24, 2.45) is 5.92 Å². The van der Waals surface area contributed by atoms with Gasteiger partial charge in [0, 0.05) is 18.4 Å². The van der Waals surface area contributed by atoms with Crippen molar-refractivity contribution in [3.8, 4) is 0 Å². The van der Waals surface area contributed by atoms with E-state index in [0.717, 1.165) is 19.3 Å². The Balaban J connectivity index is 1.89. The van der Waals surface area contributed by atoms with Crippen molar-refractivity contribution >= 4 is 44.8 Å². The molecule has 3 N–H and O–H groups in total. The summed E-state index contributed by atoms with van der Waals surface area (Å²) in [5.41, 5.74) is 0.277. The van der Waals surface area contributed by atoms with Gasteiger partial charge in [-0.1, -0.05) is 11.6 Å². The summed E-state index contributed by atoms with van der Waals surface area (Å²) in [6.45, 7) is 1.50. The van der Waals surface area contributed by atoms with Gasteiger partial charge in [-0.2, -0.15) is 0 Å². The number of anilines is 2. The number of nitrogens with one attached hydrogen (secondary N) is 3. The van der Waals surface area contributed by atoms with Crippen LogP contribution in [0.25, 0.3) is 0 Å². The Hall–Kier alpha value is -2.49. The van der Waals surface area contributed by atoms with Crippen LogP contribution in [0, 0.1) is 5.92 Å². The van der Waals surface area contributed by atoms with E-state index in [9.17, 15) is 18.0 Å². The van der Waals surface area contributed by atoms with Crippen molar-refractivity contribution in [2.75, 3.05) is 30.0 Å². The second kappa shape index (κ2) is 8.89. The van der Waals surface area contributed by atoms with Crippen molar-refractivity contribution in [1.82, 2.24) is 10.3 Å². The summed E-state index contributed by atoms with van der Waals surface area (Å²) in [5.74, 6) is -0.706. The van der Waals surface area contributed by atoms with Crippen LogP contribution in [0.4, 0.5) is 11.5 Å². The molecule has 8 nitrogen and oxygen atoms in total. The first-order chi connectivity index (χ1) is 13.7. The average Bonchev–Trinajstić information content (AvgIpc) is 2.69. The van der Waals surface area contributed by atoms with E-state index in [1.165, 1.54) is 30.5 Å². The van der Waals surface area contributed by atoms with Crippen LogP contribution in [0.1, 0.15) is 23.2 Å². The number of amides is 2. The molecule has 0 saturated carbocycles. The highest BCUT2D eigenvalue weighted by atomic mass is 35.5. The molecule has 1 aromatic heterocycles. The third kappa shape index (κ3) is 5.53. The SMILES string of the molecule is CS(=O)(=O)c1ccc(NC(=O)C2CCNCC2)c(C(=O)Nc2ccc(Cl)cn2)c1. The molecule has 2 aromatic rings. The topological polar surface area (TPSA) is 117 Å². The van der Waals surface area contributed by atoms with Crippen molar-refractivity contribution in [2.45, 2.75) is 17.7 Å². The molecule has 1 aliphatic heterocycles. The number of piperidine rings is 1. The van der Waals surface area contributed by atoms with Gasteiger partial charge in [0.2, 0.25) is 5.91 Å². The first kappa shape index (κ1) is 21.2. The largest absolute Gasteiger partial charge is 0.325 e. The van der Waals surface area contributed by atoms with E-state index >= 15 is 0 Å². The number of halogens is 1. The summed E-state index contributed by atoms with van der Waals surface area (Å²) in [6.07, 6.45) is 3.83. The molecule has 1 fully saturated rings. The Kier molecular flexibility index (Phi) is 6.51. The Morgan fingerprint density at radius 2 is 1.86 bits per heavy atom. The van der Waals surface area contributed by atoms with E-state index in [1.54, 1.807) is 6.07 Å². The Morgan fingerprint density at radius 3 is 2.48 bits per heavy atom. The lowest BCUT2D eigenvalue weighted by Gasteiger charge is -2.22. The Labute approximate surface area is 174 Å². The molecule has 154 valence electrons. The molecule has 1 aliphatic rings. The molecular weight excluding hydrogens is 416 g/mol. The number of nitrogens with zero attached hydrogens (tertiary/aromatic N) is 1. The standard InChI is InChI=1S/C19H21ClN4O4S/c1-29(27,28)14-3-4-16(23-18(25)12-6-8-21-9-7-12)15(10-14)19(26)24-17-5-2-13(20)11-22-17/h2-5,10-12,21H,6-9H2,1H3,(H,23,25)(H,22,24,26). The molecule has 3 rings (SSSR count). The van der Waals surface area contributed by atoms with Gasteiger partial charge < -0.3 is 16.0 Å². The molecule has 2 heterocycles. The summed E-state index contributed by atoms with van der Waals surface area (Å²) >= 11 is 5.80. The quantitative estimate of drug-likeness (QED) is 0.662. The van der Waals surface area contributed by atoms with E-state index in [4.69, 9.17) is 11.6 Å². The van der Waals surface area contributed by atoms with Gasteiger partial charge in [-0.05, 0) is 56.3 Å². The summed E-state index contributed by atoms with van der Waals surface area (Å²) in [6, 6.07) is 7.13. The fourth-order valence-corrected chi connectivity index (χ4v) is 3.76. The second-order valence-electron chi connectivity index (χ2n) is 6.81. The molecule has 2 amide bonds. The highest BCUT2D eigenvalue weighted by Gasteiger charge is 2.24. The zero-order chi connectivity index (χ0) is 21.0. The minimum absolute atomic E-state index is 0.0217. The molecule has 1 aromatic carbocycles. The maximum Gasteiger partial charge on any atom is 0.258 e. The van der Waals surface area contributed by atoms with Crippen LogP contribution in [-0.2, 0) is 14.6 Å². The monoisotopic (exact) mass is 436 g/mol. The van der Waals surface area contributed by atoms with Crippen LogP contribution in [0.5, 0.6) is 0 Å². The molecule has 1 saturated heterocycles. The summed E-state index contributed by atoms with van der Waals surface area (Å²) in [4.78, 5) is 29.4. The van der Waals surface area contributed by atoms with Gasteiger partial charge in [-0.15, -0.1) is 0 Å². The van der Waals surface area contributed by atoms with E-state index in [-0.39, 0.29) is 33.8 Å². The summed E-state index contributed by atoms with van der Waals surface area (Å²) in [5, 5.41) is 8.97. The second-order valence-corrected chi connectivity index (χ2v) is 9.26. The number of benzene rings is 1. The van der Waals surface area contributed by atoms with E-state index in [2.05, 4.69) is 20.9 Å². The first-order valence-corrected chi connectivity index (χ1v) is 11.3. The van der Waals surface area contributed by atoms with Gasteiger partial charge in [0.1, 0.15) is 5.82 Å². The lowest BCUT2D eigenvalue weighted by atomic mass is 9.97.